The van der Waals surface area contributed by atoms with Crippen molar-refractivity contribution in [2.24, 2.45) is 0 Å². The highest BCUT2D eigenvalue weighted by atomic mass is 19.1. The maximum Gasteiger partial charge on any atom is 0.338 e. The third kappa shape index (κ3) is 2.68. The predicted molar refractivity (Wildman–Crippen MR) is 64.1 cm³/mol. The lowest BCUT2D eigenvalue weighted by Crippen LogP contribution is -2.31. The maximum absolute atomic E-state index is 13.9. The molecule has 1 atom stereocenters. The molecule has 1 saturated heterocycles. The fourth-order valence-corrected chi connectivity index (χ4v) is 2.13. The van der Waals surface area contributed by atoms with Crippen LogP contribution in [0.5, 0.6) is 0 Å². The van der Waals surface area contributed by atoms with Gasteiger partial charge in [0.25, 0.3) is 0 Å². The zero-order chi connectivity index (χ0) is 13.1. The molecule has 0 aliphatic carbocycles. The number of nitrogens with zero attached hydrogens (tertiary/aromatic N) is 1. The van der Waals surface area contributed by atoms with Crippen LogP contribution in [0.2, 0.25) is 0 Å². The number of rotatable bonds is 4. The molecule has 0 bridgehead atoms. The first-order valence-electron chi connectivity index (χ1n) is 5.88. The molecule has 1 unspecified atom stereocenters. The third-order valence-corrected chi connectivity index (χ3v) is 3.26. The van der Waals surface area contributed by atoms with E-state index >= 15 is 0 Å². The van der Waals surface area contributed by atoms with E-state index in [2.05, 4.69) is 0 Å². The van der Waals surface area contributed by atoms with Crippen LogP contribution in [0.4, 0.5) is 4.39 Å². The zero-order valence-electron chi connectivity index (χ0n) is 10.2. The summed E-state index contributed by atoms with van der Waals surface area (Å²) in [5.41, 5.74) is 0.132. The van der Waals surface area contributed by atoms with Crippen molar-refractivity contribution in [1.29, 1.82) is 0 Å². The van der Waals surface area contributed by atoms with Crippen molar-refractivity contribution < 1.29 is 19.0 Å². The molecule has 1 N–H and O–H groups in total. The van der Waals surface area contributed by atoms with Crippen LogP contribution in [0.15, 0.2) is 18.2 Å². The smallest absolute Gasteiger partial charge is 0.338 e. The fourth-order valence-electron chi connectivity index (χ4n) is 2.13. The summed E-state index contributed by atoms with van der Waals surface area (Å²) in [4.78, 5) is 12.8. The molecule has 18 heavy (non-hydrogen) atoms. The van der Waals surface area contributed by atoms with Crippen LogP contribution in [0.25, 0.3) is 0 Å². The van der Waals surface area contributed by atoms with E-state index in [1.54, 1.807) is 12.1 Å². The van der Waals surface area contributed by atoms with Crippen LogP contribution in [0.1, 0.15) is 22.3 Å². The van der Waals surface area contributed by atoms with Gasteiger partial charge >= 0.3 is 5.97 Å². The molecule has 0 radical (unpaired) electrons. The minimum absolute atomic E-state index is 0.274. The van der Waals surface area contributed by atoms with Crippen molar-refractivity contribution in [3.05, 3.63) is 35.1 Å². The second-order valence-electron chi connectivity index (χ2n) is 4.52. The number of aromatic carboxylic acids is 1. The van der Waals surface area contributed by atoms with E-state index in [0.717, 1.165) is 13.0 Å². The number of likely N-dealkylation sites (N-methyl/N-ethyl adjacent to an activating group) is 1. The Bertz CT molecular complexity index is 444. The largest absolute Gasteiger partial charge is 0.478 e. The summed E-state index contributed by atoms with van der Waals surface area (Å²) >= 11 is 0. The van der Waals surface area contributed by atoms with Gasteiger partial charge in [-0.15, -0.1) is 0 Å². The normalized spacial score (nSPS) is 19.4. The van der Waals surface area contributed by atoms with Gasteiger partial charge in [-0.2, -0.15) is 0 Å². The summed E-state index contributed by atoms with van der Waals surface area (Å²) in [5, 5.41) is 8.86. The first-order valence-corrected chi connectivity index (χ1v) is 5.88. The van der Waals surface area contributed by atoms with E-state index in [4.69, 9.17) is 9.84 Å². The summed E-state index contributed by atoms with van der Waals surface area (Å²) in [7, 11) is 1.90. The topological polar surface area (TPSA) is 49.8 Å². The number of carboxylic acids is 1. The lowest BCUT2D eigenvalue weighted by Gasteiger charge is -2.23. The van der Waals surface area contributed by atoms with E-state index in [-0.39, 0.29) is 11.6 Å². The molecule has 5 heteroatoms. The predicted octanol–water partition coefficient (Wildman–Crippen LogP) is 1.74. The standard InChI is InChI=1S/C13H16FNO3/c1-15(10-5-6-18-8-10)7-9-3-2-4-11(12(9)14)13(16)17/h2-4,10H,5-8H2,1H3,(H,16,17). The number of halogens is 1. The molecule has 0 aromatic heterocycles. The second-order valence-corrected chi connectivity index (χ2v) is 4.52. The minimum Gasteiger partial charge on any atom is -0.478 e. The molecular weight excluding hydrogens is 237 g/mol. The Morgan fingerprint density at radius 2 is 2.39 bits per heavy atom. The Labute approximate surface area is 105 Å². The lowest BCUT2D eigenvalue weighted by atomic mass is 10.1. The maximum atomic E-state index is 13.9. The minimum atomic E-state index is -1.23. The van der Waals surface area contributed by atoms with Crippen molar-refractivity contribution in [2.45, 2.75) is 19.0 Å². The fraction of sp³-hybridized carbons (Fsp3) is 0.462. The van der Waals surface area contributed by atoms with E-state index < -0.39 is 11.8 Å². The van der Waals surface area contributed by atoms with E-state index in [1.807, 2.05) is 11.9 Å². The molecule has 4 nitrogen and oxygen atoms in total. The van der Waals surface area contributed by atoms with Crippen molar-refractivity contribution in [3.63, 3.8) is 0 Å². The number of benzene rings is 1. The van der Waals surface area contributed by atoms with Crippen molar-refractivity contribution in [2.75, 3.05) is 20.3 Å². The van der Waals surface area contributed by atoms with E-state index in [1.165, 1.54) is 6.07 Å². The second kappa shape index (κ2) is 5.46. The van der Waals surface area contributed by atoms with E-state index in [9.17, 15) is 9.18 Å². The summed E-state index contributed by atoms with van der Waals surface area (Å²) in [5.74, 6) is -1.88. The van der Waals surface area contributed by atoms with Gasteiger partial charge in [0, 0.05) is 24.8 Å². The first kappa shape index (κ1) is 13.0. The van der Waals surface area contributed by atoms with Gasteiger partial charge in [-0.05, 0) is 19.5 Å². The molecule has 1 heterocycles. The van der Waals surface area contributed by atoms with Gasteiger partial charge in [-0.25, -0.2) is 9.18 Å². The molecule has 0 saturated carbocycles. The van der Waals surface area contributed by atoms with Crippen LogP contribution in [0, 0.1) is 5.82 Å². The lowest BCUT2D eigenvalue weighted by molar-refractivity contribution is 0.0691. The number of carbonyl (C=O) groups is 1. The summed E-state index contributed by atoms with van der Waals surface area (Å²) in [6, 6.07) is 4.74. The Kier molecular flexibility index (Phi) is 3.93. The highest BCUT2D eigenvalue weighted by Gasteiger charge is 2.22. The average molecular weight is 253 g/mol. The number of carboxylic acid groups (broad SMARTS) is 1. The van der Waals surface area contributed by atoms with Gasteiger partial charge in [-0.3, -0.25) is 4.90 Å². The Morgan fingerprint density at radius 1 is 1.61 bits per heavy atom. The summed E-state index contributed by atoms with van der Waals surface area (Å²) < 4.78 is 19.2. The molecule has 1 fully saturated rings. The van der Waals surface area contributed by atoms with Crippen molar-refractivity contribution in [3.8, 4) is 0 Å². The molecule has 1 aromatic rings. The van der Waals surface area contributed by atoms with E-state index in [0.29, 0.717) is 18.7 Å². The van der Waals surface area contributed by atoms with Gasteiger partial charge in [0.15, 0.2) is 0 Å². The first-order chi connectivity index (χ1) is 8.59. The molecular formula is C13H16FNO3. The van der Waals surface area contributed by atoms with Gasteiger partial charge < -0.3 is 9.84 Å². The number of hydrogen-bond acceptors (Lipinski definition) is 3. The SMILES string of the molecule is CN(Cc1cccc(C(=O)O)c1F)C1CCOC1. The van der Waals surface area contributed by atoms with Crippen LogP contribution in [-0.2, 0) is 11.3 Å². The molecule has 0 amide bonds. The van der Waals surface area contributed by atoms with Crippen LogP contribution < -0.4 is 0 Å². The monoisotopic (exact) mass is 253 g/mol. The highest BCUT2D eigenvalue weighted by Crippen LogP contribution is 2.18. The van der Waals surface area contributed by atoms with Gasteiger partial charge in [0.1, 0.15) is 5.82 Å². The van der Waals surface area contributed by atoms with Gasteiger partial charge in [-0.1, -0.05) is 12.1 Å². The van der Waals surface area contributed by atoms with Crippen molar-refractivity contribution in [1.82, 2.24) is 4.90 Å². The molecule has 1 aliphatic heterocycles. The molecule has 1 aromatic carbocycles. The quantitative estimate of drug-likeness (QED) is 0.888. The van der Waals surface area contributed by atoms with Crippen LogP contribution >= 0.6 is 0 Å². The molecule has 0 spiro atoms. The van der Waals surface area contributed by atoms with Crippen LogP contribution in [0.3, 0.4) is 0 Å². The third-order valence-electron chi connectivity index (χ3n) is 3.26. The number of hydrogen-bond donors (Lipinski definition) is 1. The van der Waals surface area contributed by atoms with Gasteiger partial charge in [0.05, 0.1) is 12.2 Å². The van der Waals surface area contributed by atoms with Crippen molar-refractivity contribution >= 4 is 5.97 Å². The highest BCUT2D eigenvalue weighted by molar-refractivity contribution is 5.88. The van der Waals surface area contributed by atoms with Crippen LogP contribution in [-0.4, -0.2) is 42.3 Å². The Hall–Kier alpha value is -1.46. The molecule has 1 aliphatic rings. The Balaban J connectivity index is 2.13. The summed E-state index contributed by atoms with van der Waals surface area (Å²) in [6.07, 6.45) is 0.927. The summed E-state index contributed by atoms with van der Waals surface area (Å²) in [6.45, 7) is 1.77. The van der Waals surface area contributed by atoms with Gasteiger partial charge in [0.2, 0.25) is 0 Å². The Morgan fingerprint density at radius 3 is 3.00 bits per heavy atom. The molecule has 98 valence electrons. The molecule has 2 rings (SSSR count). The number of ether oxygens (including phenoxy) is 1. The zero-order valence-corrected chi connectivity index (χ0v) is 10.2. The average Bonchev–Trinajstić information content (AvgIpc) is 2.85.